The van der Waals surface area contributed by atoms with Gasteiger partial charge in [0.05, 0.1) is 6.61 Å². The Balaban J connectivity index is 2.91. The number of rotatable bonds is 8. The van der Waals surface area contributed by atoms with Crippen LogP contribution in [0.1, 0.15) is 40.0 Å². The van der Waals surface area contributed by atoms with Gasteiger partial charge < -0.3 is 9.64 Å². The van der Waals surface area contributed by atoms with Gasteiger partial charge in [0.1, 0.15) is 0 Å². The SMILES string of the molecule is CCCOc1nc(NN)nc(N(C)C(C)CCC)n1. The van der Waals surface area contributed by atoms with Crippen LogP contribution in [-0.4, -0.2) is 34.6 Å². The zero-order valence-electron chi connectivity index (χ0n) is 12.2. The first-order chi connectivity index (χ1) is 9.12. The molecule has 0 fully saturated rings. The zero-order valence-corrected chi connectivity index (χ0v) is 12.2. The van der Waals surface area contributed by atoms with Crippen LogP contribution < -0.4 is 20.9 Å². The van der Waals surface area contributed by atoms with Crippen LogP contribution in [-0.2, 0) is 0 Å². The van der Waals surface area contributed by atoms with Gasteiger partial charge in [-0.1, -0.05) is 20.3 Å². The second kappa shape index (κ2) is 7.73. The lowest BCUT2D eigenvalue weighted by molar-refractivity contribution is 0.291. The van der Waals surface area contributed by atoms with E-state index in [4.69, 9.17) is 10.6 Å². The number of hydrazine groups is 1. The minimum absolute atomic E-state index is 0.301. The van der Waals surface area contributed by atoms with Crippen LogP contribution in [0.5, 0.6) is 6.01 Å². The second-order valence-electron chi connectivity index (χ2n) is 4.48. The molecule has 0 aliphatic carbocycles. The van der Waals surface area contributed by atoms with Crippen molar-refractivity contribution in [1.29, 1.82) is 0 Å². The highest BCUT2D eigenvalue weighted by atomic mass is 16.5. The maximum Gasteiger partial charge on any atom is 0.323 e. The van der Waals surface area contributed by atoms with E-state index in [2.05, 4.69) is 34.2 Å². The van der Waals surface area contributed by atoms with Gasteiger partial charge in [-0.05, 0) is 19.8 Å². The smallest absolute Gasteiger partial charge is 0.323 e. The van der Waals surface area contributed by atoms with E-state index < -0.39 is 0 Å². The summed E-state index contributed by atoms with van der Waals surface area (Å²) in [5, 5.41) is 0. The van der Waals surface area contributed by atoms with E-state index in [-0.39, 0.29) is 0 Å². The summed E-state index contributed by atoms with van der Waals surface area (Å²) < 4.78 is 5.44. The largest absolute Gasteiger partial charge is 0.463 e. The van der Waals surface area contributed by atoms with Crippen LogP contribution in [0.4, 0.5) is 11.9 Å². The molecule has 1 rings (SSSR count). The fraction of sp³-hybridized carbons (Fsp3) is 0.750. The maximum atomic E-state index is 5.44. The van der Waals surface area contributed by atoms with Gasteiger partial charge in [0.25, 0.3) is 0 Å². The molecule has 1 heterocycles. The van der Waals surface area contributed by atoms with E-state index in [1.807, 2.05) is 18.9 Å². The van der Waals surface area contributed by atoms with E-state index in [0.717, 1.165) is 19.3 Å². The van der Waals surface area contributed by atoms with Crippen LogP contribution in [0.25, 0.3) is 0 Å². The summed E-state index contributed by atoms with van der Waals surface area (Å²) in [6.07, 6.45) is 3.07. The van der Waals surface area contributed by atoms with Crippen molar-refractivity contribution in [3.05, 3.63) is 0 Å². The lowest BCUT2D eigenvalue weighted by Crippen LogP contribution is -2.31. The number of anilines is 2. The van der Waals surface area contributed by atoms with E-state index in [1.165, 1.54) is 0 Å². The molecule has 0 amide bonds. The first kappa shape index (κ1) is 15.4. The van der Waals surface area contributed by atoms with Gasteiger partial charge >= 0.3 is 6.01 Å². The van der Waals surface area contributed by atoms with Crippen molar-refractivity contribution in [2.75, 3.05) is 24.0 Å². The predicted molar refractivity (Wildman–Crippen MR) is 76.2 cm³/mol. The Bertz CT molecular complexity index is 386. The number of ether oxygens (including phenoxy) is 1. The highest BCUT2D eigenvalue weighted by molar-refractivity contribution is 5.37. The molecule has 0 saturated heterocycles. The Hall–Kier alpha value is -1.63. The molecular weight excluding hydrogens is 244 g/mol. The van der Waals surface area contributed by atoms with Crippen LogP contribution in [0, 0.1) is 0 Å². The number of hydrogen-bond acceptors (Lipinski definition) is 7. The second-order valence-corrected chi connectivity index (χ2v) is 4.48. The molecular formula is C12H24N6O. The van der Waals surface area contributed by atoms with Gasteiger partial charge in [-0.2, -0.15) is 15.0 Å². The van der Waals surface area contributed by atoms with Gasteiger partial charge in [0.2, 0.25) is 11.9 Å². The van der Waals surface area contributed by atoms with Gasteiger partial charge in [0, 0.05) is 13.1 Å². The monoisotopic (exact) mass is 268 g/mol. The molecule has 108 valence electrons. The highest BCUT2D eigenvalue weighted by Crippen LogP contribution is 2.17. The number of nitrogens with two attached hydrogens (primary N) is 1. The van der Waals surface area contributed by atoms with E-state index >= 15 is 0 Å². The van der Waals surface area contributed by atoms with E-state index in [1.54, 1.807) is 0 Å². The summed E-state index contributed by atoms with van der Waals surface area (Å²) in [5.41, 5.74) is 2.44. The van der Waals surface area contributed by atoms with E-state index in [0.29, 0.717) is 30.6 Å². The molecule has 0 saturated carbocycles. The summed E-state index contributed by atoms with van der Waals surface area (Å²) in [4.78, 5) is 14.6. The number of nitrogen functional groups attached to an aromatic ring is 1. The molecule has 1 unspecified atom stereocenters. The van der Waals surface area contributed by atoms with E-state index in [9.17, 15) is 0 Å². The van der Waals surface area contributed by atoms with Crippen molar-refractivity contribution in [3.63, 3.8) is 0 Å². The molecule has 1 atom stereocenters. The number of hydrogen-bond donors (Lipinski definition) is 2. The standard InChI is InChI=1S/C12H24N6O/c1-5-7-9(3)18(4)11-14-10(17-13)15-12(16-11)19-8-6-2/h9H,5-8,13H2,1-4H3,(H,14,15,16,17). The molecule has 0 aliphatic rings. The van der Waals surface area contributed by atoms with Crippen molar-refractivity contribution in [1.82, 2.24) is 15.0 Å². The number of aromatic nitrogens is 3. The van der Waals surface area contributed by atoms with Gasteiger partial charge in [0.15, 0.2) is 0 Å². The third-order valence-electron chi connectivity index (χ3n) is 2.85. The van der Waals surface area contributed by atoms with Crippen LogP contribution >= 0.6 is 0 Å². The third kappa shape index (κ3) is 4.51. The van der Waals surface area contributed by atoms with Gasteiger partial charge in [-0.25, -0.2) is 5.84 Å². The summed E-state index contributed by atoms with van der Waals surface area (Å²) in [6.45, 7) is 6.89. The van der Waals surface area contributed by atoms with Crippen molar-refractivity contribution in [2.45, 2.75) is 46.1 Å². The molecule has 0 aromatic carbocycles. The number of nitrogens with zero attached hydrogens (tertiary/aromatic N) is 4. The highest BCUT2D eigenvalue weighted by Gasteiger charge is 2.15. The normalized spacial score (nSPS) is 12.1. The first-order valence-corrected chi connectivity index (χ1v) is 6.70. The molecule has 3 N–H and O–H groups in total. The summed E-state index contributed by atoms with van der Waals surface area (Å²) >= 11 is 0. The average molecular weight is 268 g/mol. The molecule has 1 aromatic heterocycles. The van der Waals surface area contributed by atoms with Crippen LogP contribution in [0.15, 0.2) is 0 Å². The molecule has 7 heteroatoms. The average Bonchev–Trinajstić information content (AvgIpc) is 2.44. The Morgan fingerprint density at radius 3 is 2.58 bits per heavy atom. The molecule has 0 bridgehead atoms. The van der Waals surface area contributed by atoms with Gasteiger partial charge in [-0.3, -0.25) is 5.43 Å². The lowest BCUT2D eigenvalue weighted by Gasteiger charge is -2.24. The molecule has 0 aliphatic heterocycles. The predicted octanol–water partition coefficient (Wildman–Crippen LogP) is 1.57. The topological polar surface area (TPSA) is 89.2 Å². The quantitative estimate of drug-likeness (QED) is 0.546. The minimum Gasteiger partial charge on any atom is -0.463 e. The van der Waals surface area contributed by atoms with Crippen molar-refractivity contribution >= 4 is 11.9 Å². The molecule has 0 radical (unpaired) electrons. The molecule has 1 aromatic rings. The van der Waals surface area contributed by atoms with Crippen molar-refractivity contribution < 1.29 is 4.74 Å². The van der Waals surface area contributed by atoms with Crippen LogP contribution in [0.2, 0.25) is 0 Å². The fourth-order valence-corrected chi connectivity index (χ4v) is 1.63. The Labute approximate surface area is 114 Å². The Morgan fingerprint density at radius 1 is 1.26 bits per heavy atom. The van der Waals surface area contributed by atoms with Crippen molar-refractivity contribution in [2.24, 2.45) is 5.84 Å². The number of nitrogens with one attached hydrogen (secondary N) is 1. The molecule has 7 nitrogen and oxygen atoms in total. The first-order valence-electron chi connectivity index (χ1n) is 6.70. The lowest BCUT2D eigenvalue weighted by atomic mass is 10.2. The third-order valence-corrected chi connectivity index (χ3v) is 2.85. The molecule has 0 spiro atoms. The Morgan fingerprint density at radius 2 is 2.00 bits per heavy atom. The summed E-state index contributed by atoms with van der Waals surface area (Å²) in [5.74, 6) is 6.25. The Kier molecular flexibility index (Phi) is 6.27. The van der Waals surface area contributed by atoms with Gasteiger partial charge in [-0.15, -0.1) is 0 Å². The van der Waals surface area contributed by atoms with Crippen molar-refractivity contribution in [3.8, 4) is 6.01 Å². The van der Waals surface area contributed by atoms with Crippen LogP contribution in [0.3, 0.4) is 0 Å². The zero-order chi connectivity index (χ0) is 14.3. The maximum absolute atomic E-state index is 5.44. The fourth-order valence-electron chi connectivity index (χ4n) is 1.63. The minimum atomic E-state index is 0.301. The summed E-state index contributed by atoms with van der Waals surface area (Å²) in [7, 11) is 1.96. The molecule has 19 heavy (non-hydrogen) atoms. The summed E-state index contributed by atoms with van der Waals surface area (Å²) in [6, 6.07) is 0.646.